The van der Waals surface area contributed by atoms with Gasteiger partial charge in [0.15, 0.2) is 5.57 Å². The van der Waals surface area contributed by atoms with Crippen molar-refractivity contribution in [2.45, 2.75) is 19.6 Å². The van der Waals surface area contributed by atoms with Crippen LogP contribution in [0.3, 0.4) is 0 Å². The predicted octanol–water partition coefficient (Wildman–Crippen LogP) is 2.37. The van der Waals surface area contributed by atoms with E-state index in [1.807, 2.05) is 24.3 Å². The highest BCUT2D eigenvalue weighted by Gasteiger charge is 2.38. The molecule has 0 atom stereocenters. The molecule has 1 fully saturated rings. The van der Waals surface area contributed by atoms with Crippen molar-refractivity contribution in [3.63, 3.8) is 0 Å². The third-order valence-electron chi connectivity index (χ3n) is 3.10. The van der Waals surface area contributed by atoms with E-state index in [1.165, 1.54) is 20.0 Å². The number of aromatic nitrogens is 1. The van der Waals surface area contributed by atoms with Gasteiger partial charge in [-0.05, 0) is 24.3 Å². The number of rotatable bonds is 2. The molecule has 0 radical (unpaired) electrons. The van der Waals surface area contributed by atoms with Crippen LogP contribution in [0.15, 0.2) is 48.3 Å². The highest BCUT2D eigenvalue weighted by molar-refractivity contribution is 6.15. The van der Waals surface area contributed by atoms with Gasteiger partial charge in [0.05, 0.1) is 5.52 Å². The lowest BCUT2D eigenvalue weighted by molar-refractivity contribution is -0.222. The molecule has 6 heteroatoms. The minimum absolute atomic E-state index is 0.175. The van der Waals surface area contributed by atoms with E-state index in [4.69, 9.17) is 9.47 Å². The van der Waals surface area contributed by atoms with E-state index in [0.717, 1.165) is 16.6 Å². The van der Waals surface area contributed by atoms with E-state index in [1.54, 1.807) is 12.3 Å². The van der Waals surface area contributed by atoms with E-state index in [2.05, 4.69) is 10.3 Å². The predicted molar refractivity (Wildman–Crippen MR) is 79.7 cm³/mol. The maximum atomic E-state index is 11.8. The highest BCUT2D eigenvalue weighted by Crippen LogP contribution is 2.23. The van der Waals surface area contributed by atoms with Gasteiger partial charge >= 0.3 is 11.9 Å². The molecule has 0 unspecified atom stereocenters. The van der Waals surface area contributed by atoms with Crippen LogP contribution in [-0.2, 0) is 19.1 Å². The Bertz CT molecular complexity index is 774. The molecule has 0 saturated carbocycles. The molecule has 22 heavy (non-hydrogen) atoms. The minimum Gasteiger partial charge on any atom is -0.419 e. The zero-order chi connectivity index (χ0) is 15.7. The monoisotopic (exact) mass is 298 g/mol. The summed E-state index contributed by atoms with van der Waals surface area (Å²) < 4.78 is 10.0. The van der Waals surface area contributed by atoms with Crippen molar-refractivity contribution < 1.29 is 19.1 Å². The number of carbonyl (C=O) groups is 2. The number of nitrogens with zero attached hydrogens (tertiary/aromatic N) is 1. The van der Waals surface area contributed by atoms with E-state index < -0.39 is 17.7 Å². The summed E-state index contributed by atoms with van der Waals surface area (Å²) in [7, 11) is 0. The number of hydrogen-bond donors (Lipinski definition) is 1. The van der Waals surface area contributed by atoms with Gasteiger partial charge in [-0.25, -0.2) is 9.59 Å². The first-order valence-corrected chi connectivity index (χ1v) is 6.73. The second kappa shape index (κ2) is 5.14. The van der Waals surface area contributed by atoms with Crippen LogP contribution in [0.2, 0.25) is 0 Å². The highest BCUT2D eigenvalue weighted by atomic mass is 16.7. The summed E-state index contributed by atoms with van der Waals surface area (Å²) in [4.78, 5) is 27.8. The quantitative estimate of drug-likeness (QED) is 0.521. The fourth-order valence-corrected chi connectivity index (χ4v) is 2.10. The van der Waals surface area contributed by atoms with Gasteiger partial charge in [-0.1, -0.05) is 6.07 Å². The van der Waals surface area contributed by atoms with Crippen LogP contribution in [0.25, 0.3) is 10.9 Å². The largest absolute Gasteiger partial charge is 0.419 e. The normalized spacial score (nSPS) is 16.9. The van der Waals surface area contributed by atoms with Gasteiger partial charge in [0.1, 0.15) is 0 Å². The first-order chi connectivity index (χ1) is 10.4. The third kappa shape index (κ3) is 2.76. The van der Waals surface area contributed by atoms with E-state index in [-0.39, 0.29) is 5.57 Å². The second-order valence-corrected chi connectivity index (χ2v) is 5.29. The van der Waals surface area contributed by atoms with Gasteiger partial charge in [-0.3, -0.25) is 4.98 Å². The molecule has 0 aliphatic carbocycles. The molecule has 6 nitrogen and oxygen atoms in total. The Labute approximate surface area is 126 Å². The van der Waals surface area contributed by atoms with Gasteiger partial charge in [-0.2, -0.15) is 0 Å². The van der Waals surface area contributed by atoms with Gasteiger partial charge in [0, 0.05) is 37.3 Å². The molecular formula is C16H14N2O4. The number of ether oxygens (including phenoxy) is 2. The molecule has 2 heterocycles. The molecular weight excluding hydrogens is 284 g/mol. The van der Waals surface area contributed by atoms with E-state index >= 15 is 0 Å². The molecule has 1 aromatic heterocycles. The maximum Gasteiger partial charge on any atom is 0.350 e. The van der Waals surface area contributed by atoms with Crippen molar-refractivity contribution in [1.82, 2.24) is 4.98 Å². The summed E-state index contributed by atoms with van der Waals surface area (Å²) in [6.07, 6.45) is 3.00. The van der Waals surface area contributed by atoms with Crippen LogP contribution in [0.1, 0.15) is 13.8 Å². The molecule has 0 amide bonds. The maximum absolute atomic E-state index is 11.8. The topological polar surface area (TPSA) is 77.5 Å². The van der Waals surface area contributed by atoms with E-state index in [0.29, 0.717) is 0 Å². The van der Waals surface area contributed by atoms with Crippen LogP contribution >= 0.6 is 0 Å². The van der Waals surface area contributed by atoms with E-state index in [9.17, 15) is 9.59 Å². The number of benzene rings is 1. The lowest BCUT2D eigenvalue weighted by Crippen LogP contribution is -2.42. The Hall–Kier alpha value is -2.89. The van der Waals surface area contributed by atoms with Crippen LogP contribution < -0.4 is 5.32 Å². The zero-order valence-electron chi connectivity index (χ0n) is 12.1. The van der Waals surface area contributed by atoms with Crippen molar-refractivity contribution in [3.8, 4) is 0 Å². The number of cyclic esters (lactones) is 2. The molecule has 0 bridgehead atoms. The molecule has 2 aromatic rings. The average Bonchev–Trinajstić information content (AvgIpc) is 2.45. The van der Waals surface area contributed by atoms with Crippen molar-refractivity contribution >= 4 is 28.5 Å². The van der Waals surface area contributed by atoms with Crippen LogP contribution in [0.5, 0.6) is 0 Å². The minimum atomic E-state index is -1.24. The fourth-order valence-electron chi connectivity index (χ4n) is 2.10. The lowest BCUT2D eigenvalue weighted by atomic mass is 10.2. The number of anilines is 1. The standard InChI is InChI=1S/C16H14N2O4/c1-16(2)21-14(19)12(15(20)22-16)9-18-11-5-6-13-10(8-11)4-3-7-17-13/h3-9,18H,1-2H3. The molecule has 0 spiro atoms. The Balaban J connectivity index is 1.83. The van der Waals surface area contributed by atoms with Crippen molar-refractivity contribution in [2.75, 3.05) is 5.32 Å². The molecule has 1 aliphatic heterocycles. The second-order valence-electron chi connectivity index (χ2n) is 5.29. The Morgan fingerprint density at radius 3 is 2.59 bits per heavy atom. The smallest absolute Gasteiger partial charge is 0.350 e. The zero-order valence-corrected chi connectivity index (χ0v) is 12.1. The summed E-state index contributed by atoms with van der Waals surface area (Å²) in [6, 6.07) is 9.27. The first kappa shape index (κ1) is 14.1. The van der Waals surface area contributed by atoms with Crippen LogP contribution in [0.4, 0.5) is 5.69 Å². The number of hydrogen-bond acceptors (Lipinski definition) is 6. The number of nitrogens with one attached hydrogen (secondary N) is 1. The SMILES string of the molecule is CC1(C)OC(=O)C(=CNc2ccc3ncccc3c2)C(=O)O1. The van der Waals surface area contributed by atoms with Crippen molar-refractivity contribution in [3.05, 3.63) is 48.3 Å². The molecule has 1 aliphatic rings. The summed E-state index contributed by atoms with van der Waals surface area (Å²) in [6.45, 7) is 3.01. The fraction of sp³-hybridized carbons (Fsp3) is 0.188. The van der Waals surface area contributed by atoms with Crippen molar-refractivity contribution in [1.29, 1.82) is 0 Å². The number of esters is 2. The summed E-state index contributed by atoms with van der Waals surface area (Å²) in [5.74, 6) is -2.66. The molecule has 112 valence electrons. The molecule has 1 aromatic carbocycles. The third-order valence-corrected chi connectivity index (χ3v) is 3.10. The Morgan fingerprint density at radius 1 is 1.14 bits per heavy atom. The number of carbonyl (C=O) groups excluding carboxylic acids is 2. The van der Waals surface area contributed by atoms with Crippen LogP contribution in [-0.4, -0.2) is 22.7 Å². The van der Waals surface area contributed by atoms with Gasteiger partial charge in [-0.15, -0.1) is 0 Å². The van der Waals surface area contributed by atoms with Crippen LogP contribution in [0, 0.1) is 0 Å². The van der Waals surface area contributed by atoms with Crippen molar-refractivity contribution in [2.24, 2.45) is 0 Å². The molecule has 3 rings (SSSR count). The summed E-state index contributed by atoms with van der Waals surface area (Å²) in [5, 5.41) is 3.85. The summed E-state index contributed by atoms with van der Waals surface area (Å²) >= 11 is 0. The van der Waals surface area contributed by atoms with Gasteiger partial charge in [0.25, 0.3) is 5.79 Å². The average molecular weight is 298 g/mol. The molecule has 1 N–H and O–H groups in total. The number of fused-ring (bicyclic) bond motifs is 1. The first-order valence-electron chi connectivity index (χ1n) is 6.73. The van der Waals surface area contributed by atoms with Gasteiger partial charge in [0.2, 0.25) is 0 Å². The Kier molecular flexibility index (Phi) is 3.29. The lowest BCUT2D eigenvalue weighted by Gasteiger charge is -2.29. The molecule has 1 saturated heterocycles. The Morgan fingerprint density at radius 2 is 1.86 bits per heavy atom. The van der Waals surface area contributed by atoms with Gasteiger partial charge < -0.3 is 14.8 Å². The number of pyridine rings is 1. The summed E-state index contributed by atoms with van der Waals surface area (Å²) in [5.41, 5.74) is 1.41.